The number of likely N-dealkylation sites (tertiary alicyclic amines) is 1. The van der Waals surface area contributed by atoms with Crippen molar-refractivity contribution in [2.24, 2.45) is 0 Å². The van der Waals surface area contributed by atoms with Crippen molar-refractivity contribution < 1.29 is 13.2 Å². The molecule has 1 atom stereocenters. The van der Waals surface area contributed by atoms with Gasteiger partial charge in [0.25, 0.3) is 0 Å². The first kappa shape index (κ1) is 23.9. The van der Waals surface area contributed by atoms with Crippen molar-refractivity contribution >= 4 is 32.6 Å². The lowest BCUT2D eigenvalue weighted by atomic mass is 10.0. The zero-order chi connectivity index (χ0) is 25.3. The van der Waals surface area contributed by atoms with Crippen LogP contribution in [0.2, 0.25) is 0 Å². The van der Waals surface area contributed by atoms with Gasteiger partial charge in [-0.25, -0.2) is 23.1 Å². The maximum atomic E-state index is 12.9. The quantitative estimate of drug-likeness (QED) is 0.424. The number of pyridine rings is 1. The lowest BCUT2D eigenvalue weighted by molar-refractivity contribution is -0.131. The van der Waals surface area contributed by atoms with Crippen LogP contribution in [0.3, 0.4) is 0 Å². The van der Waals surface area contributed by atoms with E-state index >= 15 is 0 Å². The summed E-state index contributed by atoms with van der Waals surface area (Å²) in [6.45, 7) is 3.29. The van der Waals surface area contributed by atoms with E-state index in [2.05, 4.69) is 25.4 Å². The molecule has 0 radical (unpaired) electrons. The zero-order valence-electron chi connectivity index (χ0n) is 20.1. The van der Waals surface area contributed by atoms with Gasteiger partial charge in [-0.15, -0.1) is 0 Å². The van der Waals surface area contributed by atoms with Gasteiger partial charge in [0, 0.05) is 37.8 Å². The number of anilines is 1. The maximum Gasteiger partial charge on any atom is 0.227 e. The van der Waals surface area contributed by atoms with Crippen LogP contribution in [0.5, 0.6) is 0 Å². The number of aryl methyl sites for hydroxylation is 1. The van der Waals surface area contributed by atoms with E-state index in [1.807, 2.05) is 17.9 Å². The number of fused-ring (bicyclic) bond motifs is 1. The van der Waals surface area contributed by atoms with Crippen molar-refractivity contribution in [1.82, 2.24) is 29.6 Å². The minimum Gasteiger partial charge on any atom is -0.365 e. The summed E-state index contributed by atoms with van der Waals surface area (Å²) >= 11 is 0. The highest BCUT2D eigenvalue weighted by Gasteiger charge is 2.25. The smallest absolute Gasteiger partial charge is 0.227 e. The number of benzene rings is 1. The Kier molecular flexibility index (Phi) is 6.40. The second-order valence-corrected chi connectivity index (χ2v) is 11.2. The molecule has 1 aliphatic heterocycles. The molecule has 1 aromatic carbocycles. The van der Waals surface area contributed by atoms with Gasteiger partial charge >= 0.3 is 0 Å². The molecule has 4 aromatic rings. The Morgan fingerprint density at radius 3 is 2.69 bits per heavy atom. The minimum atomic E-state index is -3.28. The van der Waals surface area contributed by atoms with Crippen molar-refractivity contribution in [2.75, 3.05) is 24.7 Å². The fraction of sp³-hybridized carbons (Fsp3) is 0.320. The number of amides is 1. The summed E-state index contributed by atoms with van der Waals surface area (Å²) in [4.78, 5) is 28.1. The summed E-state index contributed by atoms with van der Waals surface area (Å²) in [5, 5.41) is 8.70. The number of rotatable bonds is 6. The van der Waals surface area contributed by atoms with Gasteiger partial charge in [-0.05, 0) is 55.2 Å². The first-order chi connectivity index (χ1) is 17.3. The van der Waals surface area contributed by atoms with Crippen molar-refractivity contribution in [3.8, 4) is 5.69 Å². The molecule has 0 spiro atoms. The van der Waals surface area contributed by atoms with Gasteiger partial charge < -0.3 is 10.2 Å². The van der Waals surface area contributed by atoms with E-state index < -0.39 is 9.84 Å². The summed E-state index contributed by atoms with van der Waals surface area (Å²) in [6, 6.07) is 8.56. The average Bonchev–Trinajstić information content (AvgIpc) is 3.29. The first-order valence-electron chi connectivity index (χ1n) is 11.7. The molecule has 1 N–H and O–H groups in total. The summed E-state index contributed by atoms with van der Waals surface area (Å²) in [7, 11) is -3.28. The first-order valence-corrected chi connectivity index (χ1v) is 13.6. The molecule has 1 amide bonds. The number of sulfone groups is 1. The second kappa shape index (κ2) is 9.65. The van der Waals surface area contributed by atoms with E-state index in [0.717, 1.165) is 35.9 Å². The Morgan fingerprint density at radius 2 is 1.94 bits per heavy atom. The van der Waals surface area contributed by atoms with Crippen LogP contribution in [0, 0.1) is 6.92 Å². The van der Waals surface area contributed by atoms with Gasteiger partial charge in [0.1, 0.15) is 12.1 Å². The van der Waals surface area contributed by atoms with Gasteiger partial charge in [-0.3, -0.25) is 9.78 Å². The normalized spacial score (nSPS) is 16.3. The SMILES string of the molecule is Cc1cncc(CC(=O)N2CCCC(Nc3ncnc4c3cnn4-c3ccc(S(C)(=O)=O)cc3)C2)c1. The Hall–Kier alpha value is -3.86. The summed E-state index contributed by atoms with van der Waals surface area (Å²) in [6.07, 6.45) is 10.0. The zero-order valence-corrected chi connectivity index (χ0v) is 20.9. The number of carbonyl (C=O) groups is 1. The van der Waals surface area contributed by atoms with Crippen molar-refractivity contribution in [3.05, 3.63) is 66.4 Å². The number of carbonyl (C=O) groups excluding carboxylic acids is 1. The molecule has 186 valence electrons. The predicted octanol–water partition coefficient (Wildman–Crippen LogP) is 2.57. The number of hydrogen-bond acceptors (Lipinski definition) is 8. The molecule has 36 heavy (non-hydrogen) atoms. The number of nitrogens with zero attached hydrogens (tertiary/aromatic N) is 6. The van der Waals surface area contributed by atoms with Crippen molar-refractivity contribution in [3.63, 3.8) is 0 Å². The Labute approximate surface area is 209 Å². The number of hydrogen-bond donors (Lipinski definition) is 1. The molecule has 0 saturated carbocycles. The molecule has 0 bridgehead atoms. The topological polar surface area (TPSA) is 123 Å². The van der Waals surface area contributed by atoms with Crippen LogP contribution in [0.4, 0.5) is 5.82 Å². The highest BCUT2D eigenvalue weighted by Crippen LogP contribution is 2.24. The van der Waals surface area contributed by atoms with Gasteiger partial charge in [-0.1, -0.05) is 6.07 Å². The maximum absolute atomic E-state index is 12.9. The van der Waals surface area contributed by atoms with Gasteiger partial charge in [0.15, 0.2) is 15.5 Å². The van der Waals surface area contributed by atoms with Crippen molar-refractivity contribution in [2.45, 2.75) is 37.1 Å². The van der Waals surface area contributed by atoms with E-state index in [0.29, 0.717) is 30.1 Å². The molecule has 11 heteroatoms. The third-order valence-electron chi connectivity index (χ3n) is 6.28. The van der Waals surface area contributed by atoms with Crippen molar-refractivity contribution in [1.29, 1.82) is 0 Å². The molecule has 1 aliphatic rings. The Bertz CT molecular complexity index is 1520. The van der Waals surface area contributed by atoms with Gasteiger partial charge in [0.2, 0.25) is 5.91 Å². The molecule has 5 rings (SSSR count). The molecule has 1 saturated heterocycles. The van der Waals surface area contributed by atoms with E-state index in [4.69, 9.17) is 0 Å². The fourth-order valence-electron chi connectivity index (χ4n) is 4.50. The van der Waals surface area contributed by atoms with Crippen LogP contribution in [-0.4, -0.2) is 69.3 Å². The molecule has 1 unspecified atom stereocenters. The van der Waals surface area contributed by atoms with Gasteiger partial charge in [0.05, 0.1) is 28.6 Å². The largest absolute Gasteiger partial charge is 0.365 e. The Balaban J connectivity index is 1.32. The monoisotopic (exact) mass is 505 g/mol. The number of aromatic nitrogens is 5. The fourth-order valence-corrected chi connectivity index (χ4v) is 5.13. The van der Waals surface area contributed by atoms with E-state index in [9.17, 15) is 13.2 Å². The molecule has 10 nitrogen and oxygen atoms in total. The summed E-state index contributed by atoms with van der Waals surface area (Å²) < 4.78 is 25.2. The van der Waals surface area contributed by atoms with Crippen LogP contribution in [0.1, 0.15) is 24.0 Å². The standard InChI is InChI=1S/C25H27N7O3S/c1-17-10-18(13-26-12-17)11-23(33)31-9-3-4-19(15-31)30-24-22-14-29-32(25(22)28-16-27-24)20-5-7-21(8-6-20)36(2,34)35/h5-8,10,12-14,16,19H,3-4,9,11,15H2,1-2H3,(H,27,28,30). The average molecular weight is 506 g/mol. The molecule has 3 aromatic heterocycles. The summed E-state index contributed by atoms with van der Waals surface area (Å²) in [5.74, 6) is 0.744. The van der Waals surface area contributed by atoms with E-state index in [1.165, 1.54) is 12.6 Å². The highest BCUT2D eigenvalue weighted by atomic mass is 32.2. The lowest BCUT2D eigenvalue weighted by Gasteiger charge is -2.33. The highest BCUT2D eigenvalue weighted by molar-refractivity contribution is 7.90. The Morgan fingerprint density at radius 1 is 1.14 bits per heavy atom. The molecule has 0 aliphatic carbocycles. The van der Waals surface area contributed by atoms with E-state index in [1.54, 1.807) is 47.5 Å². The molecule has 4 heterocycles. The number of nitrogens with one attached hydrogen (secondary N) is 1. The third kappa shape index (κ3) is 5.06. The van der Waals surface area contributed by atoms with E-state index in [-0.39, 0.29) is 16.8 Å². The second-order valence-electron chi connectivity index (χ2n) is 9.15. The van der Waals surface area contributed by atoms with Crippen LogP contribution in [-0.2, 0) is 21.1 Å². The third-order valence-corrected chi connectivity index (χ3v) is 7.41. The molecular formula is C25H27N7O3S. The number of piperidine rings is 1. The van der Waals surface area contributed by atoms with Crippen LogP contribution >= 0.6 is 0 Å². The molecular weight excluding hydrogens is 478 g/mol. The van der Waals surface area contributed by atoms with Crippen LogP contribution in [0.25, 0.3) is 16.7 Å². The van der Waals surface area contributed by atoms with Crippen LogP contribution in [0.15, 0.2) is 60.1 Å². The molecule has 1 fully saturated rings. The van der Waals surface area contributed by atoms with Gasteiger partial charge in [-0.2, -0.15) is 5.10 Å². The summed E-state index contributed by atoms with van der Waals surface area (Å²) in [5.41, 5.74) is 3.26. The minimum absolute atomic E-state index is 0.0498. The van der Waals surface area contributed by atoms with Crippen LogP contribution < -0.4 is 5.32 Å². The lowest BCUT2D eigenvalue weighted by Crippen LogP contribution is -2.45. The predicted molar refractivity (Wildman–Crippen MR) is 136 cm³/mol.